The maximum Gasteiger partial charge on any atom is 0.234 e. The topological polar surface area (TPSA) is 69.0 Å². The number of halogens is 2. The summed E-state index contributed by atoms with van der Waals surface area (Å²) in [5.74, 6) is 0.802. The molecule has 156 valence electrons. The van der Waals surface area contributed by atoms with E-state index >= 15 is 0 Å². The first-order chi connectivity index (χ1) is 14.5. The van der Waals surface area contributed by atoms with Gasteiger partial charge in [0.25, 0.3) is 0 Å². The normalized spacial score (nSPS) is 10.6. The number of allylic oxidation sites excluding steroid dienone is 1. The van der Waals surface area contributed by atoms with E-state index in [1.54, 1.807) is 19.3 Å². The average molecular weight is 491 g/mol. The van der Waals surface area contributed by atoms with Crippen molar-refractivity contribution >= 4 is 39.3 Å². The highest BCUT2D eigenvalue weighted by molar-refractivity contribution is 9.10. The van der Waals surface area contributed by atoms with Crippen LogP contribution in [0.2, 0.25) is 0 Å². The maximum absolute atomic E-state index is 13.9. The molecule has 0 spiro atoms. The Morgan fingerprint density at radius 1 is 1.30 bits per heavy atom. The number of carbonyl (C=O) groups is 1. The zero-order valence-corrected chi connectivity index (χ0v) is 18.7. The van der Waals surface area contributed by atoms with Crippen LogP contribution in [0.25, 0.3) is 0 Å². The molecule has 0 saturated heterocycles. The van der Waals surface area contributed by atoms with Crippen molar-refractivity contribution in [2.24, 2.45) is 0 Å². The first-order valence-electron chi connectivity index (χ1n) is 9.03. The molecule has 0 aliphatic rings. The molecule has 0 bridgehead atoms. The molecule has 0 unspecified atom stereocenters. The Balaban J connectivity index is 1.66. The number of thioether (sulfide) groups is 1. The fraction of sp³-hybridized carbons (Fsp3) is 0.190. The molecular formula is C21H20BrFN4O2S. The van der Waals surface area contributed by atoms with E-state index in [-0.39, 0.29) is 17.3 Å². The summed E-state index contributed by atoms with van der Waals surface area (Å²) < 4.78 is 21.6. The van der Waals surface area contributed by atoms with Crippen molar-refractivity contribution in [1.29, 1.82) is 0 Å². The molecule has 0 aliphatic carbocycles. The predicted octanol–water partition coefficient (Wildman–Crippen LogP) is 4.70. The molecule has 3 aromatic rings. The zero-order valence-electron chi connectivity index (χ0n) is 16.3. The third-order valence-electron chi connectivity index (χ3n) is 4.16. The third-order valence-corrected chi connectivity index (χ3v) is 5.62. The van der Waals surface area contributed by atoms with Crippen LogP contribution in [0, 0.1) is 5.82 Å². The fourth-order valence-corrected chi connectivity index (χ4v) is 3.80. The molecule has 1 heterocycles. The van der Waals surface area contributed by atoms with Crippen LogP contribution in [0.15, 0.2) is 64.7 Å². The first-order valence-corrected chi connectivity index (χ1v) is 10.8. The molecule has 9 heteroatoms. The molecule has 0 radical (unpaired) electrons. The van der Waals surface area contributed by atoms with Gasteiger partial charge in [-0.3, -0.25) is 4.79 Å². The summed E-state index contributed by atoms with van der Waals surface area (Å²) in [7, 11) is 1.63. The van der Waals surface area contributed by atoms with Crippen molar-refractivity contribution in [3.63, 3.8) is 0 Å². The Bertz CT molecular complexity index is 1040. The lowest BCUT2D eigenvalue weighted by Crippen LogP contribution is -2.15. The number of ether oxygens (including phenoxy) is 1. The second kappa shape index (κ2) is 10.4. The van der Waals surface area contributed by atoms with Crippen LogP contribution < -0.4 is 10.1 Å². The number of benzene rings is 2. The number of amides is 1. The zero-order chi connectivity index (χ0) is 21.5. The lowest BCUT2D eigenvalue weighted by Gasteiger charge is -2.09. The minimum absolute atomic E-state index is 0.0767. The number of rotatable bonds is 9. The number of nitrogens with zero attached hydrogens (tertiary/aromatic N) is 3. The molecule has 2 aromatic carbocycles. The van der Waals surface area contributed by atoms with Crippen LogP contribution in [0.4, 0.5) is 10.1 Å². The highest BCUT2D eigenvalue weighted by atomic mass is 79.9. The average Bonchev–Trinajstić information content (AvgIpc) is 3.11. The molecule has 0 saturated carbocycles. The number of hydrogen-bond acceptors (Lipinski definition) is 5. The van der Waals surface area contributed by atoms with Gasteiger partial charge in [-0.05, 0) is 35.9 Å². The first kappa shape index (κ1) is 22.0. The van der Waals surface area contributed by atoms with Gasteiger partial charge in [-0.1, -0.05) is 45.9 Å². The number of carbonyl (C=O) groups excluding carboxylic acids is 1. The monoisotopic (exact) mass is 490 g/mol. The third kappa shape index (κ3) is 5.70. The highest BCUT2D eigenvalue weighted by Gasteiger charge is 2.15. The smallest absolute Gasteiger partial charge is 0.234 e. The second-order valence-corrected chi connectivity index (χ2v) is 8.14. The highest BCUT2D eigenvalue weighted by Crippen LogP contribution is 2.22. The molecule has 1 N–H and O–H groups in total. The number of anilines is 1. The van der Waals surface area contributed by atoms with Crippen molar-refractivity contribution in [3.05, 3.63) is 76.8 Å². The van der Waals surface area contributed by atoms with Crippen molar-refractivity contribution in [3.8, 4) is 5.75 Å². The quantitative estimate of drug-likeness (QED) is 0.347. The van der Waals surface area contributed by atoms with E-state index in [4.69, 9.17) is 4.74 Å². The molecule has 0 aliphatic heterocycles. The van der Waals surface area contributed by atoms with Gasteiger partial charge in [0.15, 0.2) is 5.16 Å². The number of methoxy groups -OCH3 is 1. The lowest BCUT2D eigenvalue weighted by molar-refractivity contribution is -0.113. The standard InChI is InChI=1S/C21H20BrFN4O2S/c1-3-10-27-19(11-14-4-7-16(29-2)8-5-14)25-26-21(27)30-13-20(28)24-18-9-6-15(22)12-17(18)23/h3-9,12H,1,10-11,13H2,2H3,(H,24,28). The van der Waals surface area contributed by atoms with Crippen LogP contribution in [-0.2, 0) is 17.8 Å². The van der Waals surface area contributed by atoms with Gasteiger partial charge in [0.2, 0.25) is 5.91 Å². The molecular weight excluding hydrogens is 471 g/mol. The van der Waals surface area contributed by atoms with Crippen LogP contribution >= 0.6 is 27.7 Å². The minimum atomic E-state index is -0.501. The molecule has 1 amide bonds. The summed E-state index contributed by atoms with van der Waals surface area (Å²) in [5, 5.41) is 11.7. The fourth-order valence-electron chi connectivity index (χ4n) is 2.70. The van der Waals surface area contributed by atoms with Crippen molar-refractivity contribution < 1.29 is 13.9 Å². The number of hydrogen-bond donors (Lipinski definition) is 1. The largest absolute Gasteiger partial charge is 0.497 e. The molecule has 1 aromatic heterocycles. The van der Waals surface area contributed by atoms with Gasteiger partial charge < -0.3 is 14.6 Å². The SMILES string of the molecule is C=CCn1c(Cc2ccc(OC)cc2)nnc1SCC(=O)Nc1ccc(Br)cc1F. The second-order valence-electron chi connectivity index (χ2n) is 6.28. The molecule has 6 nitrogen and oxygen atoms in total. The van der Waals surface area contributed by atoms with Gasteiger partial charge in [-0.2, -0.15) is 0 Å². The molecule has 3 rings (SSSR count). The van der Waals surface area contributed by atoms with Crippen molar-refractivity contribution in [1.82, 2.24) is 14.8 Å². The Kier molecular flexibility index (Phi) is 7.64. The van der Waals surface area contributed by atoms with Gasteiger partial charge in [0.05, 0.1) is 18.6 Å². The maximum atomic E-state index is 13.9. The summed E-state index contributed by atoms with van der Waals surface area (Å²) >= 11 is 4.43. The molecule has 0 fully saturated rings. The van der Waals surface area contributed by atoms with E-state index in [1.807, 2.05) is 28.8 Å². The van der Waals surface area contributed by atoms with Crippen molar-refractivity contribution in [2.45, 2.75) is 18.1 Å². The predicted molar refractivity (Wildman–Crippen MR) is 119 cm³/mol. The summed E-state index contributed by atoms with van der Waals surface area (Å²) in [6.07, 6.45) is 2.34. The van der Waals surface area contributed by atoms with Gasteiger partial charge in [-0.15, -0.1) is 16.8 Å². The number of aromatic nitrogens is 3. The van der Waals surface area contributed by atoms with E-state index in [0.29, 0.717) is 22.6 Å². The van der Waals surface area contributed by atoms with E-state index < -0.39 is 5.82 Å². The van der Waals surface area contributed by atoms with Gasteiger partial charge in [0.1, 0.15) is 17.4 Å². The lowest BCUT2D eigenvalue weighted by atomic mass is 10.1. The summed E-state index contributed by atoms with van der Waals surface area (Å²) in [5.41, 5.74) is 1.20. The van der Waals surface area contributed by atoms with Gasteiger partial charge >= 0.3 is 0 Å². The van der Waals surface area contributed by atoms with Gasteiger partial charge in [0, 0.05) is 17.4 Å². The molecule has 0 atom stereocenters. The Hall–Kier alpha value is -2.65. The number of nitrogens with one attached hydrogen (secondary N) is 1. The van der Waals surface area contributed by atoms with E-state index in [2.05, 4.69) is 38.0 Å². The molecule has 30 heavy (non-hydrogen) atoms. The van der Waals surface area contributed by atoms with E-state index in [1.165, 1.54) is 23.9 Å². The summed E-state index contributed by atoms with van der Waals surface area (Å²) in [6, 6.07) is 12.2. The Morgan fingerprint density at radius 2 is 2.07 bits per heavy atom. The van der Waals surface area contributed by atoms with Crippen LogP contribution in [0.1, 0.15) is 11.4 Å². The van der Waals surface area contributed by atoms with Crippen LogP contribution in [0.3, 0.4) is 0 Å². The van der Waals surface area contributed by atoms with E-state index in [9.17, 15) is 9.18 Å². The van der Waals surface area contributed by atoms with Crippen LogP contribution in [0.5, 0.6) is 5.75 Å². The van der Waals surface area contributed by atoms with E-state index in [0.717, 1.165) is 17.1 Å². The van der Waals surface area contributed by atoms with Crippen LogP contribution in [-0.4, -0.2) is 33.5 Å². The Labute approximate surface area is 186 Å². The minimum Gasteiger partial charge on any atom is -0.497 e. The summed E-state index contributed by atoms with van der Waals surface area (Å²) in [4.78, 5) is 12.3. The van der Waals surface area contributed by atoms with Crippen molar-refractivity contribution in [2.75, 3.05) is 18.2 Å². The summed E-state index contributed by atoms with van der Waals surface area (Å²) in [6.45, 7) is 4.31. The Morgan fingerprint density at radius 3 is 2.73 bits per heavy atom. The van der Waals surface area contributed by atoms with Gasteiger partial charge in [-0.25, -0.2) is 4.39 Å².